The minimum Gasteiger partial charge on any atom is -0.467 e. The lowest BCUT2D eigenvalue weighted by Gasteiger charge is -2.03. The molecule has 0 spiro atoms. The van der Waals surface area contributed by atoms with E-state index in [0.717, 1.165) is 5.76 Å². The third kappa shape index (κ3) is 3.04. The molecule has 0 bridgehead atoms. The highest BCUT2D eigenvalue weighted by atomic mass is 35.5. The van der Waals surface area contributed by atoms with Crippen LogP contribution in [-0.2, 0) is 6.54 Å². The summed E-state index contributed by atoms with van der Waals surface area (Å²) < 4.78 is 10.1. The van der Waals surface area contributed by atoms with Crippen LogP contribution in [0.15, 0.2) is 10.6 Å². The van der Waals surface area contributed by atoms with Crippen molar-refractivity contribution in [3.63, 3.8) is 0 Å². The summed E-state index contributed by atoms with van der Waals surface area (Å²) in [5.74, 6) is 1.59. The van der Waals surface area contributed by atoms with Gasteiger partial charge in [-0.1, -0.05) is 0 Å². The molecule has 0 aliphatic rings. The molecule has 2 aromatic rings. The average molecular weight is 256 g/mol. The van der Waals surface area contributed by atoms with Gasteiger partial charge in [-0.15, -0.1) is 0 Å². The molecule has 2 aromatic heterocycles. The van der Waals surface area contributed by atoms with Crippen molar-refractivity contribution in [1.29, 1.82) is 0 Å². The maximum atomic E-state index is 5.69. The van der Waals surface area contributed by atoms with Gasteiger partial charge in [-0.25, -0.2) is 4.98 Å². The van der Waals surface area contributed by atoms with E-state index in [2.05, 4.69) is 25.3 Å². The van der Waals surface area contributed by atoms with Crippen LogP contribution in [0.4, 0.5) is 5.95 Å². The zero-order valence-electron chi connectivity index (χ0n) is 9.27. The van der Waals surface area contributed by atoms with E-state index >= 15 is 0 Å². The van der Waals surface area contributed by atoms with Gasteiger partial charge in [-0.3, -0.25) is 0 Å². The lowest BCUT2D eigenvalue weighted by atomic mass is 10.6. The minimum atomic E-state index is 0.0583. The van der Waals surface area contributed by atoms with Crippen molar-refractivity contribution in [2.45, 2.75) is 13.5 Å². The number of rotatable bonds is 4. The summed E-state index contributed by atoms with van der Waals surface area (Å²) >= 11 is 5.69. The fourth-order valence-electron chi connectivity index (χ4n) is 1.14. The zero-order valence-corrected chi connectivity index (χ0v) is 10.0. The molecule has 1 N–H and O–H groups in total. The Hall–Kier alpha value is -1.89. The Morgan fingerprint density at radius 1 is 1.41 bits per heavy atom. The van der Waals surface area contributed by atoms with Crippen molar-refractivity contribution in [2.75, 3.05) is 12.4 Å². The molecule has 17 heavy (non-hydrogen) atoms. The van der Waals surface area contributed by atoms with Crippen LogP contribution in [0.25, 0.3) is 0 Å². The molecule has 7 nitrogen and oxygen atoms in total. The smallest absolute Gasteiger partial charge is 0.322 e. The molecule has 0 aromatic carbocycles. The van der Waals surface area contributed by atoms with Crippen molar-refractivity contribution >= 4 is 17.5 Å². The summed E-state index contributed by atoms with van der Waals surface area (Å²) in [6.45, 7) is 2.18. The molecule has 0 unspecified atom stereocenters. The summed E-state index contributed by atoms with van der Waals surface area (Å²) in [6.07, 6.45) is 1.64. The van der Waals surface area contributed by atoms with Crippen LogP contribution < -0.4 is 10.1 Å². The van der Waals surface area contributed by atoms with Crippen molar-refractivity contribution in [1.82, 2.24) is 19.9 Å². The van der Waals surface area contributed by atoms with Crippen LogP contribution in [-0.4, -0.2) is 27.0 Å². The number of ether oxygens (including phenoxy) is 1. The van der Waals surface area contributed by atoms with Crippen LogP contribution in [0.3, 0.4) is 0 Å². The van der Waals surface area contributed by atoms with E-state index in [9.17, 15) is 0 Å². The van der Waals surface area contributed by atoms with E-state index in [1.54, 1.807) is 6.20 Å². The number of hydrogen-bond acceptors (Lipinski definition) is 7. The van der Waals surface area contributed by atoms with Crippen molar-refractivity contribution in [3.05, 3.63) is 23.1 Å². The van der Waals surface area contributed by atoms with Gasteiger partial charge in [-0.05, 0) is 18.5 Å². The number of nitrogens with one attached hydrogen (secondary N) is 1. The SMILES string of the molecule is COc1nc(Cl)nc(NCc2ncc(C)o2)n1. The van der Waals surface area contributed by atoms with Gasteiger partial charge in [0.05, 0.1) is 19.9 Å². The Balaban J connectivity index is 2.05. The van der Waals surface area contributed by atoms with Gasteiger partial charge in [0.1, 0.15) is 5.76 Å². The van der Waals surface area contributed by atoms with Crippen molar-refractivity contribution in [3.8, 4) is 6.01 Å². The Morgan fingerprint density at radius 3 is 2.88 bits per heavy atom. The summed E-state index contributed by atoms with van der Waals surface area (Å²) in [4.78, 5) is 15.6. The number of nitrogens with zero attached hydrogens (tertiary/aromatic N) is 4. The zero-order chi connectivity index (χ0) is 12.3. The first kappa shape index (κ1) is 11.6. The molecule has 0 saturated heterocycles. The van der Waals surface area contributed by atoms with Crippen LogP contribution in [0.1, 0.15) is 11.7 Å². The van der Waals surface area contributed by atoms with Gasteiger partial charge in [0.15, 0.2) is 0 Å². The molecule has 0 saturated carbocycles. The third-order valence-electron chi connectivity index (χ3n) is 1.84. The monoisotopic (exact) mass is 255 g/mol. The number of hydrogen-bond donors (Lipinski definition) is 1. The lowest BCUT2D eigenvalue weighted by molar-refractivity contribution is 0.378. The second-order valence-electron chi connectivity index (χ2n) is 3.13. The maximum absolute atomic E-state index is 5.69. The molecule has 0 aliphatic heterocycles. The molecule has 0 atom stereocenters. The minimum absolute atomic E-state index is 0.0583. The molecule has 0 fully saturated rings. The molecule has 2 rings (SSSR count). The summed E-state index contributed by atoms with van der Waals surface area (Å²) in [7, 11) is 1.45. The predicted octanol–water partition coefficient (Wildman–Crippen LogP) is 1.44. The largest absolute Gasteiger partial charge is 0.467 e. The number of oxazole rings is 1. The topological polar surface area (TPSA) is 86.0 Å². The summed E-state index contributed by atoms with van der Waals surface area (Å²) in [5.41, 5.74) is 0. The number of methoxy groups -OCH3 is 1. The van der Waals surface area contributed by atoms with Gasteiger partial charge in [0, 0.05) is 0 Å². The normalized spacial score (nSPS) is 10.3. The quantitative estimate of drug-likeness (QED) is 0.885. The second kappa shape index (κ2) is 4.96. The van der Waals surface area contributed by atoms with Gasteiger partial charge < -0.3 is 14.5 Å². The van der Waals surface area contributed by atoms with Gasteiger partial charge >= 0.3 is 6.01 Å². The standard InChI is InChI=1S/C9H10ClN5O2/c1-5-3-11-6(17-5)4-12-8-13-7(10)14-9(15-8)16-2/h3H,4H2,1-2H3,(H,12,13,14,15). The van der Waals surface area contributed by atoms with Crippen LogP contribution in [0.5, 0.6) is 6.01 Å². The van der Waals surface area contributed by atoms with Crippen LogP contribution in [0, 0.1) is 6.92 Å². The van der Waals surface area contributed by atoms with E-state index in [1.165, 1.54) is 7.11 Å². The summed E-state index contributed by atoms with van der Waals surface area (Å²) in [5, 5.41) is 2.97. The maximum Gasteiger partial charge on any atom is 0.322 e. The van der Waals surface area contributed by atoms with E-state index in [-0.39, 0.29) is 11.3 Å². The molecule has 0 aliphatic carbocycles. The molecular formula is C9H10ClN5O2. The molecule has 90 valence electrons. The number of aryl methyl sites for hydroxylation is 1. The average Bonchev–Trinajstić information content (AvgIpc) is 2.72. The first-order valence-corrected chi connectivity index (χ1v) is 5.16. The highest BCUT2D eigenvalue weighted by Crippen LogP contribution is 2.11. The molecule has 8 heteroatoms. The van der Waals surface area contributed by atoms with Crippen molar-refractivity contribution < 1.29 is 9.15 Å². The van der Waals surface area contributed by atoms with Crippen LogP contribution in [0.2, 0.25) is 5.28 Å². The Morgan fingerprint density at radius 2 is 2.24 bits per heavy atom. The molecular weight excluding hydrogens is 246 g/mol. The van der Waals surface area contributed by atoms with E-state index in [1.807, 2.05) is 6.92 Å². The van der Waals surface area contributed by atoms with E-state index in [0.29, 0.717) is 18.4 Å². The number of aromatic nitrogens is 4. The van der Waals surface area contributed by atoms with E-state index < -0.39 is 0 Å². The highest BCUT2D eigenvalue weighted by Gasteiger charge is 2.06. The van der Waals surface area contributed by atoms with Crippen molar-refractivity contribution in [2.24, 2.45) is 0 Å². The number of anilines is 1. The molecule has 0 amide bonds. The van der Waals surface area contributed by atoms with Gasteiger partial charge in [0.25, 0.3) is 0 Å². The third-order valence-corrected chi connectivity index (χ3v) is 2.01. The fraction of sp³-hybridized carbons (Fsp3) is 0.333. The number of halogens is 1. The Bertz CT molecular complexity index is 516. The Labute approximate surface area is 102 Å². The lowest BCUT2D eigenvalue weighted by Crippen LogP contribution is -2.06. The molecule has 2 heterocycles. The fourth-order valence-corrected chi connectivity index (χ4v) is 1.29. The highest BCUT2D eigenvalue weighted by molar-refractivity contribution is 6.28. The van der Waals surface area contributed by atoms with Crippen LogP contribution >= 0.6 is 11.6 Å². The second-order valence-corrected chi connectivity index (χ2v) is 3.47. The molecule has 0 radical (unpaired) electrons. The summed E-state index contributed by atoms with van der Waals surface area (Å²) in [6, 6.07) is 0.149. The van der Waals surface area contributed by atoms with E-state index in [4.69, 9.17) is 20.8 Å². The van der Waals surface area contributed by atoms with Gasteiger partial charge in [-0.2, -0.15) is 15.0 Å². The first-order valence-electron chi connectivity index (χ1n) is 4.78. The predicted molar refractivity (Wildman–Crippen MR) is 60.0 cm³/mol. The van der Waals surface area contributed by atoms with Gasteiger partial charge in [0.2, 0.25) is 17.1 Å². The first-order chi connectivity index (χ1) is 8.17. The Kier molecular flexibility index (Phi) is 3.38.